The van der Waals surface area contributed by atoms with E-state index >= 15 is 0 Å². The predicted octanol–water partition coefficient (Wildman–Crippen LogP) is -0.338. The van der Waals surface area contributed by atoms with Crippen LogP contribution in [-0.2, 0) is 19.1 Å². The lowest BCUT2D eigenvalue weighted by Crippen LogP contribution is -2.51. The van der Waals surface area contributed by atoms with E-state index in [0.29, 0.717) is 5.01 Å². The second-order valence-electron chi connectivity index (χ2n) is 3.17. The van der Waals surface area contributed by atoms with Gasteiger partial charge >= 0.3 is 17.8 Å². The first-order valence-corrected chi connectivity index (χ1v) is 4.14. The first kappa shape index (κ1) is 11.2. The van der Waals surface area contributed by atoms with Gasteiger partial charge in [0.15, 0.2) is 11.1 Å². The third-order valence-corrected chi connectivity index (χ3v) is 1.92. The highest BCUT2D eigenvalue weighted by Crippen LogP contribution is 2.29. The van der Waals surface area contributed by atoms with Crippen molar-refractivity contribution in [1.29, 1.82) is 0 Å². The number of ether oxygens (including phenoxy) is 2. The number of hydrogen-bond donors (Lipinski definition) is 0. The summed E-state index contributed by atoms with van der Waals surface area (Å²) >= 11 is 0. The van der Waals surface area contributed by atoms with Gasteiger partial charge in [-0.2, -0.15) is 0 Å². The second kappa shape index (κ2) is 3.37. The van der Waals surface area contributed by atoms with Crippen molar-refractivity contribution in [2.45, 2.75) is 32.7 Å². The lowest BCUT2D eigenvalue weighted by Gasteiger charge is -2.25. The molecule has 0 aromatic rings. The Morgan fingerprint density at radius 3 is 2.67 bits per heavy atom. The van der Waals surface area contributed by atoms with Crippen LogP contribution in [0.15, 0.2) is 0 Å². The maximum atomic E-state index is 11.1. The van der Waals surface area contributed by atoms with Gasteiger partial charge in [0, 0.05) is 13.8 Å². The quantitative estimate of drug-likeness (QED) is 0.355. The van der Waals surface area contributed by atoms with Crippen molar-refractivity contribution in [2.75, 3.05) is 0 Å². The van der Waals surface area contributed by atoms with Crippen molar-refractivity contribution in [1.82, 2.24) is 5.01 Å². The molecule has 2 atom stereocenters. The molecule has 0 aromatic carbocycles. The molecule has 1 aliphatic rings. The summed E-state index contributed by atoms with van der Waals surface area (Å²) in [5.74, 6) is -3.55. The van der Waals surface area contributed by atoms with E-state index in [2.05, 4.69) is 9.47 Å². The molecule has 1 saturated heterocycles. The number of nitrogens with zero attached hydrogens (tertiary/aromatic N) is 2. The van der Waals surface area contributed by atoms with E-state index in [4.69, 9.17) is 0 Å². The van der Waals surface area contributed by atoms with Crippen molar-refractivity contribution >= 4 is 11.9 Å². The Balaban J connectivity index is 3.01. The Kier molecular flexibility index (Phi) is 2.52. The Hall–Kier alpha value is -1.86. The summed E-state index contributed by atoms with van der Waals surface area (Å²) in [6.07, 6.45) is 0. The van der Waals surface area contributed by atoms with Crippen LogP contribution >= 0.6 is 0 Å². The molecule has 15 heavy (non-hydrogen) atoms. The molecule has 0 bridgehead atoms. The van der Waals surface area contributed by atoms with E-state index in [0.717, 1.165) is 13.8 Å². The lowest BCUT2D eigenvalue weighted by atomic mass is 10.3. The van der Waals surface area contributed by atoms with Gasteiger partial charge in [0.25, 0.3) is 0 Å². The van der Waals surface area contributed by atoms with Crippen molar-refractivity contribution in [3.05, 3.63) is 10.1 Å². The minimum Gasteiger partial charge on any atom is -0.400 e. The van der Waals surface area contributed by atoms with Crippen LogP contribution in [0.4, 0.5) is 0 Å². The summed E-state index contributed by atoms with van der Waals surface area (Å²) in [6.45, 7) is 3.50. The summed E-state index contributed by atoms with van der Waals surface area (Å²) in [5, 5.41) is 10.3. The Morgan fingerprint density at radius 1 is 1.73 bits per heavy atom. The molecule has 0 spiro atoms. The average Bonchev–Trinajstić information content (AvgIpc) is 2.20. The highest BCUT2D eigenvalue weighted by atomic mass is 16.8. The fraction of sp³-hybridized carbons (Fsp3) is 0.714. The number of carbonyl (C=O) groups excluding carboxylic acids is 2. The summed E-state index contributed by atoms with van der Waals surface area (Å²) in [7, 11) is 0. The van der Waals surface area contributed by atoms with E-state index in [1.165, 1.54) is 6.92 Å². The predicted molar refractivity (Wildman–Crippen MR) is 44.6 cm³/mol. The number of rotatable bonds is 2. The van der Waals surface area contributed by atoms with Gasteiger partial charge < -0.3 is 9.47 Å². The molecular formula is C7H10N2O6. The molecule has 8 heteroatoms. The van der Waals surface area contributed by atoms with Crippen LogP contribution in [0.1, 0.15) is 20.8 Å². The van der Waals surface area contributed by atoms with E-state index in [9.17, 15) is 19.7 Å². The molecule has 0 aromatic heterocycles. The number of hydrazine groups is 1. The first-order chi connectivity index (χ1) is 6.78. The molecule has 0 unspecified atom stereocenters. The van der Waals surface area contributed by atoms with Gasteiger partial charge in [-0.1, -0.05) is 0 Å². The fourth-order valence-corrected chi connectivity index (χ4v) is 1.39. The molecule has 1 aliphatic heterocycles. The van der Waals surface area contributed by atoms with E-state index in [1.807, 2.05) is 0 Å². The summed E-state index contributed by atoms with van der Waals surface area (Å²) in [4.78, 5) is 32.5. The number of nitro groups is 1. The molecule has 0 saturated carbocycles. The van der Waals surface area contributed by atoms with Gasteiger partial charge in [0.2, 0.25) is 0 Å². The molecule has 0 N–H and O–H groups in total. The minimum absolute atomic E-state index is 0.455. The van der Waals surface area contributed by atoms with Crippen LogP contribution in [0.5, 0.6) is 0 Å². The molecule has 1 rings (SSSR count). The highest BCUT2D eigenvalue weighted by Gasteiger charge is 2.58. The Bertz CT molecular complexity index is 325. The second-order valence-corrected chi connectivity index (χ2v) is 3.17. The molecule has 1 fully saturated rings. The van der Waals surface area contributed by atoms with Crippen LogP contribution < -0.4 is 0 Å². The summed E-state index contributed by atoms with van der Waals surface area (Å²) in [5.41, 5.74) is 0. The monoisotopic (exact) mass is 218 g/mol. The average molecular weight is 218 g/mol. The zero-order valence-electron chi connectivity index (χ0n) is 8.42. The van der Waals surface area contributed by atoms with E-state index in [1.54, 1.807) is 0 Å². The smallest absolute Gasteiger partial charge is 0.391 e. The molecule has 1 heterocycles. The van der Waals surface area contributed by atoms with Crippen LogP contribution in [0.2, 0.25) is 0 Å². The maximum Gasteiger partial charge on any atom is 0.391 e. The van der Waals surface area contributed by atoms with Crippen LogP contribution in [-0.4, -0.2) is 33.9 Å². The molecule has 0 amide bonds. The Morgan fingerprint density at radius 2 is 2.27 bits per heavy atom. The maximum absolute atomic E-state index is 11.1. The fourth-order valence-electron chi connectivity index (χ4n) is 1.39. The van der Waals surface area contributed by atoms with Gasteiger partial charge in [0.1, 0.15) is 0 Å². The zero-order chi connectivity index (χ0) is 11.8. The zero-order valence-corrected chi connectivity index (χ0v) is 8.42. The SMILES string of the molecule is CC(=O)O[C@]1(C)OC(=O)[C@H](C)N1[N+](=O)[O-]. The van der Waals surface area contributed by atoms with Gasteiger partial charge in [0.05, 0.1) is 0 Å². The molecule has 0 aliphatic carbocycles. The number of cyclic esters (lactones) is 1. The number of carbonyl (C=O) groups is 2. The van der Waals surface area contributed by atoms with Crippen LogP contribution in [0.25, 0.3) is 0 Å². The number of hydrogen-bond acceptors (Lipinski definition) is 6. The number of esters is 2. The topological polar surface area (TPSA) is 99.0 Å². The standard InChI is InChI=1S/C7H10N2O6/c1-4-6(11)15-7(3,14-5(2)10)8(4)9(12)13/h4H,1-3H3/t4-,7+/m0/s1. The van der Waals surface area contributed by atoms with Crippen molar-refractivity contribution in [3.8, 4) is 0 Å². The normalized spacial score (nSPS) is 29.9. The van der Waals surface area contributed by atoms with Crippen molar-refractivity contribution < 1.29 is 24.1 Å². The highest BCUT2D eigenvalue weighted by molar-refractivity contribution is 5.78. The minimum atomic E-state index is -1.97. The van der Waals surface area contributed by atoms with Crippen molar-refractivity contribution in [3.63, 3.8) is 0 Å². The van der Waals surface area contributed by atoms with Gasteiger partial charge in [-0.3, -0.25) is 4.79 Å². The third kappa shape index (κ3) is 1.83. The van der Waals surface area contributed by atoms with E-state index in [-0.39, 0.29) is 0 Å². The van der Waals surface area contributed by atoms with Gasteiger partial charge in [-0.25, -0.2) is 14.9 Å². The molecular weight excluding hydrogens is 208 g/mol. The Labute approximate surface area is 84.9 Å². The molecule has 84 valence electrons. The first-order valence-electron chi connectivity index (χ1n) is 4.14. The van der Waals surface area contributed by atoms with Crippen LogP contribution in [0, 0.1) is 10.1 Å². The van der Waals surface area contributed by atoms with Gasteiger partial charge in [-0.05, 0) is 11.9 Å². The summed E-state index contributed by atoms with van der Waals surface area (Å²) < 4.78 is 9.26. The van der Waals surface area contributed by atoms with Crippen LogP contribution in [0.3, 0.4) is 0 Å². The largest absolute Gasteiger partial charge is 0.400 e. The van der Waals surface area contributed by atoms with Crippen molar-refractivity contribution in [2.24, 2.45) is 0 Å². The summed E-state index contributed by atoms with van der Waals surface area (Å²) in [6, 6.07) is -1.09. The lowest BCUT2D eigenvalue weighted by molar-refractivity contribution is -0.698. The van der Waals surface area contributed by atoms with E-state index < -0.39 is 28.9 Å². The molecule has 8 nitrogen and oxygen atoms in total. The van der Waals surface area contributed by atoms with Gasteiger partial charge in [-0.15, -0.1) is 0 Å². The molecule has 0 radical (unpaired) electrons. The third-order valence-electron chi connectivity index (χ3n) is 1.92.